The van der Waals surface area contributed by atoms with Crippen LogP contribution in [0, 0.1) is 0 Å². The van der Waals surface area contributed by atoms with Crippen molar-refractivity contribution in [3.63, 3.8) is 0 Å². The van der Waals surface area contributed by atoms with Gasteiger partial charge in [-0.3, -0.25) is 9.59 Å². The van der Waals surface area contributed by atoms with Gasteiger partial charge in [0.1, 0.15) is 5.76 Å². The van der Waals surface area contributed by atoms with Gasteiger partial charge in [-0.15, -0.1) is 0 Å². The number of rotatable bonds is 6. The molecule has 5 rings (SSSR count). The maximum absolute atomic E-state index is 13.0. The van der Waals surface area contributed by atoms with E-state index in [1.165, 1.54) is 11.1 Å². The van der Waals surface area contributed by atoms with Crippen molar-refractivity contribution in [3.8, 4) is 11.1 Å². The number of benzene rings is 2. The van der Waals surface area contributed by atoms with Crippen LogP contribution < -0.4 is 10.6 Å². The van der Waals surface area contributed by atoms with Gasteiger partial charge in [-0.25, -0.2) is 0 Å². The third-order valence-electron chi connectivity index (χ3n) is 6.30. The fourth-order valence-electron chi connectivity index (χ4n) is 4.83. The highest BCUT2D eigenvalue weighted by molar-refractivity contribution is 5.84. The van der Waals surface area contributed by atoms with Crippen LogP contribution in [0.2, 0.25) is 0 Å². The average Bonchev–Trinajstić information content (AvgIpc) is 3.47. The summed E-state index contributed by atoms with van der Waals surface area (Å²) in [6, 6.07) is 20.1. The molecule has 0 radical (unpaired) electrons. The third kappa shape index (κ3) is 3.41. The van der Waals surface area contributed by atoms with Gasteiger partial charge < -0.3 is 15.1 Å². The van der Waals surface area contributed by atoms with Gasteiger partial charge in [-0.05, 0) is 47.2 Å². The average molecular weight is 400 g/mol. The second-order valence-corrected chi connectivity index (χ2v) is 8.26. The first-order valence-electron chi connectivity index (χ1n) is 10.4. The zero-order valence-corrected chi connectivity index (χ0v) is 16.7. The monoisotopic (exact) mass is 400 g/mol. The maximum Gasteiger partial charge on any atom is 0.220 e. The number of carbonyl (C=O) groups excluding carboxylic acids is 2. The Hall–Kier alpha value is -3.34. The van der Waals surface area contributed by atoms with Crippen molar-refractivity contribution in [3.05, 3.63) is 83.8 Å². The third-order valence-corrected chi connectivity index (χ3v) is 6.30. The lowest BCUT2D eigenvalue weighted by atomic mass is 9.87. The molecule has 0 saturated carbocycles. The predicted molar refractivity (Wildman–Crippen MR) is 114 cm³/mol. The molecule has 0 bridgehead atoms. The van der Waals surface area contributed by atoms with Crippen LogP contribution in [0.3, 0.4) is 0 Å². The Labute approximate surface area is 175 Å². The predicted octanol–water partition coefficient (Wildman–Crippen LogP) is 4.14. The minimum absolute atomic E-state index is 0.00789. The molecule has 5 nitrogen and oxygen atoms in total. The lowest BCUT2D eigenvalue weighted by Crippen LogP contribution is -2.44. The van der Waals surface area contributed by atoms with Crippen LogP contribution >= 0.6 is 0 Å². The number of carbonyl (C=O) groups is 2. The largest absolute Gasteiger partial charge is 0.469 e. The summed E-state index contributed by atoms with van der Waals surface area (Å²) >= 11 is 0. The second-order valence-electron chi connectivity index (χ2n) is 8.26. The van der Waals surface area contributed by atoms with Crippen molar-refractivity contribution >= 4 is 11.8 Å². The Kier molecular flexibility index (Phi) is 4.66. The highest BCUT2D eigenvalue weighted by Gasteiger charge is 2.39. The van der Waals surface area contributed by atoms with Gasteiger partial charge in [0.25, 0.3) is 0 Å². The van der Waals surface area contributed by atoms with E-state index in [0.717, 1.165) is 23.3 Å². The molecule has 30 heavy (non-hydrogen) atoms. The summed E-state index contributed by atoms with van der Waals surface area (Å²) in [4.78, 5) is 24.9. The lowest BCUT2D eigenvalue weighted by molar-refractivity contribution is -0.123. The number of fused-ring (bicyclic) bond motifs is 3. The standard InChI is InChI=1S/C25H24N2O3/c28-22(11-13-25(14-12-23(29)27-25)16-17-6-5-15-30-17)26-24-20-9-3-1-7-18(20)19-8-2-4-10-21(19)24/h1-10,15,24H,11-14,16H2,(H,26,28)(H,27,29)/t25-/m0/s1. The van der Waals surface area contributed by atoms with Crippen LogP contribution in [0.5, 0.6) is 0 Å². The summed E-state index contributed by atoms with van der Waals surface area (Å²) in [6.45, 7) is 0. The van der Waals surface area contributed by atoms with Gasteiger partial charge in [0.15, 0.2) is 0 Å². The molecule has 2 N–H and O–H groups in total. The molecule has 3 aromatic rings. The van der Waals surface area contributed by atoms with Crippen LogP contribution in [-0.2, 0) is 16.0 Å². The van der Waals surface area contributed by atoms with Gasteiger partial charge >= 0.3 is 0 Å². The molecule has 0 unspecified atom stereocenters. The molecule has 1 aliphatic carbocycles. The van der Waals surface area contributed by atoms with Crippen LogP contribution in [0.4, 0.5) is 0 Å². The Morgan fingerprint density at radius 3 is 2.33 bits per heavy atom. The molecule has 1 aromatic heterocycles. The van der Waals surface area contributed by atoms with Crippen molar-refractivity contribution < 1.29 is 14.0 Å². The van der Waals surface area contributed by atoms with Crippen molar-refractivity contribution in [2.45, 2.75) is 43.7 Å². The number of hydrogen-bond acceptors (Lipinski definition) is 3. The Bertz CT molecular complexity index is 1040. The topological polar surface area (TPSA) is 71.3 Å². The highest BCUT2D eigenvalue weighted by atomic mass is 16.3. The molecule has 1 fully saturated rings. The minimum Gasteiger partial charge on any atom is -0.469 e. The fourth-order valence-corrected chi connectivity index (χ4v) is 4.83. The number of nitrogens with one attached hydrogen (secondary N) is 2. The van der Waals surface area contributed by atoms with Gasteiger partial charge in [-0.1, -0.05) is 48.5 Å². The Morgan fingerprint density at radius 1 is 1.03 bits per heavy atom. The number of furan rings is 1. The van der Waals surface area contributed by atoms with Gasteiger partial charge in [-0.2, -0.15) is 0 Å². The minimum atomic E-state index is -0.419. The SMILES string of the molecule is O=C(CC[C@@]1(Cc2ccco2)CCC(=O)N1)NC1c2ccccc2-c2ccccc21. The Balaban J connectivity index is 1.31. The van der Waals surface area contributed by atoms with E-state index in [1.54, 1.807) is 6.26 Å². The molecule has 1 atom stereocenters. The van der Waals surface area contributed by atoms with E-state index >= 15 is 0 Å². The smallest absolute Gasteiger partial charge is 0.220 e. The first-order valence-corrected chi connectivity index (χ1v) is 10.4. The maximum atomic E-state index is 13.0. The van der Waals surface area contributed by atoms with Gasteiger partial charge in [0, 0.05) is 24.8 Å². The second kappa shape index (κ2) is 7.48. The molecule has 1 aliphatic heterocycles. The molecule has 0 spiro atoms. The molecule has 152 valence electrons. The summed E-state index contributed by atoms with van der Waals surface area (Å²) in [5.74, 6) is 0.864. The van der Waals surface area contributed by atoms with E-state index in [2.05, 4.69) is 34.9 Å². The van der Waals surface area contributed by atoms with Crippen molar-refractivity contribution in [1.29, 1.82) is 0 Å². The normalized spacial score (nSPS) is 19.9. The van der Waals surface area contributed by atoms with E-state index < -0.39 is 5.54 Å². The summed E-state index contributed by atoms with van der Waals surface area (Å²) in [7, 11) is 0. The molecule has 2 aliphatic rings. The van der Waals surface area contributed by atoms with Gasteiger partial charge in [0.2, 0.25) is 11.8 Å². The molecule has 2 amide bonds. The zero-order chi connectivity index (χ0) is 20.6. The zero-order valence-electron chi connectivity index (χ0n) is 16.7. The van der Waals surface area contributed by atoms with Crippen molar-refractivity contribution in [2.75, 3.05) is 0 Å². The van der Waals surface area contributed by atoms with E-state index in [0.29, 0.717) is 25.7 Å². The van der Waals surface area contributed by atoms with Crippen LogP contribution in [0.15, 0.2) is 71.3 Å². The molecule has 1 saturated heterocycles. The summed E-state index contributed by atoms with van der Waals surface area (Å²) in [5.41, 5.74) is 4.20. The lowest BCUT2D eigenvalue weighted by Gasteiger charge is -2.28. The van der Waals surface area contributed by atoms with Crippen LogP contribution in [0.1, 0.15) is 48.6 Å². The van der Waals surface area contributed by atoms with E-state index in [1.807, 2.05) is 36.4 Å². The summed E-state index contributed by atoms with van der Waals surface area (Å²) in [5, 5.41) is 6.33. The first-order chi connectivity index (χ1) is 14.6. The quantitative estimate of drug-likeness (QED) is 0.653. The van der Waals surface area contributed by atoms with E-state index in [4.69, 9.17) is 4.42 Å². The fraction of sp³-hybridized carbons (Fsp3) is 0.280. The van der Waals surface area contributed by atoms with Crippen molar-refractivity contribution in [2.24, 2.45) is 0 Å². The van der Waals surface area contributed by atoms with Crippen LogP contribution in [0.25, 0.3) is 11.1 Å². The molecule has 2 heterocycles. The Morgan fingerprint density at radius 2 is 1.73 bits per heavy atom. The first kappa shape index (κ1) is 18.7. The molecular formula is C25H24N2O3. The number of amides is 2. The molecule has 5 heteroatoms. The molecular weight excluding hydrogens is 376 g/mol. The van der Waals surface area contributed by atoms with Gasteiger partial charge in [0.05, 0.1) is 12.3 Å². The summed E-state index contributed by atoms with van der Waals surface area (Å²) in [6.07, 6.45) is 4.39. The number of hydrogen-bond donors (Lipinski definition) is 2. The summed E-state index contributed by atoms with van der Waals surface area (Å²) < 4.78 is 5.50. The van der Waals surface area contributed by atoms with E-state index in [9.17, 15) is 9.59 Å². The van der Waals surface area contributed by atoms with Crippen LogP contribution in [-0.4, -0.2) is 17.4 Å². The van der Waals surface area contributed by atoms with Crippen molar-refractivity contribution in [1.82, 2.24) is 10.6 Å². The van der Waals surface area contributed by atoms with E-state index in [-0.39, 0.29) is 17.9 Å². The molecule has 2 aromatic carbocycles. The highest BCUT2D eigenvalue weighted by Crippen LogP contribution is 2.43.